The van der Waals surface area contributed by atoms with Crippen LogP contribution in [0.5, 0.6) is 0 Å². The third kappa shape index (κ3) is 2.39. The first kappa shape index (κ1) is 15.2. The van der Waals surface area contributed by atoms with E-state index in [1.807, 2.05) is 31.1 Å². The molecule has 0 bridgehead atoms. The fourth-order valence-electron chi connectivity index (χ4n) is 4.30. The summed E-state index contributed by atoms with van der Waals surface area (Å²) in [6, 6.07) is 8.34. The van der Waals surface area contributed by atoms with Crippen molar-refractivity contribution >= 4 is 11.7 Å². The Hall–Kier alpha value is -2.30. The van der Waals surface area contributed by atoms with Gasteiger partial charge in [-0.25, -0.2) is 4.79 Å². The van der Waals surface area contributed by atoms with E-state index in [0.717, 1.165) is 17.8 Å². The van der Waals surface area contributed by atoms with Crippen LogP contribution in [0.4, 0.5) is 10.5 Å². The molecule has 4 rings (SSSR count). The van der Waals surface area contributed by atoms with Gasteiger partial charge >= 0.3 is 6.03 Å². The highest BCUT2D eigenvalue weighted by atomic mass is 16.2. The molecule has 2 amide bonds. The molecule has 1 aromatic carbocycles. The first-order chi connectivity index (χ1) is 11.6. The number of carbonyl (C=O) groups is 1. The smallest absolute Gasteiger partial charge is 0.322 e. The van der Waals surface area contributed by atoms with Crippen LogP contribution in [0.3, 0.4) is 0 Å². The molecule has 5 heteroatoms. The van der Waals surface area contributed by atoms with Crippen molar-refractivity contribution in [2.24, 2.45) is 7.05 Å². The predicted molar refractivity (Wildman–Crippen MR) is 94.1 cm³/mol. The first-order valence-corrected chi connectivity index (χ1v) is 8.75. The van der Waals surface area contributed by atoms with Crippen LogP contribution in [-0.4, -0.2) is 22.4 Å². The molecule has 2 aromatic rings. The van der Waals surface area contributed by atoms with Crippen molar-refractivity contribution in [3.8, 4) is 0 Å². The largest absolute Gasteiger partial charge is 0.331 e. The SMILES string of the molecule is C[C@H](NC(=O)N1CC2(CCCC2)c2ccccc21)c1cnn(C)c1. The molecule has 1 aliphatic heterocycles. The highest BCUT2D eigenvalue weighted by Gasteiger charge is 2.46. The highest BCUT2D eigenvalue weighted by Crippen LogP contribution is 2.50. The Labute approximate surface area is 142 Å². The van der Waals surface area contributed by atoms with Gasteiger partial charge in [-0.05, 0) is 31.4 Å². The number of aromatic nitrogens is 2. The number of nitrogens with zero attached hydrogens (tertiary/aromatic N) is 3. The maximum atomic E-state index is 12.9. The summed E-state index contributed by atoms with van der Waals surface area (Å²) in [4.78, 5) is 14.9. The number of benzene rings is 1. The second-order valence-corrected chi connectivity index (χ2v) is 7.21. The predicted octanol–water partition coefficient (Wildman–Crippen LogP) is 3.52. The summed E-state index contributed by atoms with van der Waals surface area (Å²) in [5.41, 5.74) is 3.63. The minimum absolute atomic E-state index is 0.0115. The Kier molecular flexibility index (Phi) is 3.59. The Balaban J connectivity index is 1.57. The zero-order valence-corrected chi connectivity index (χ0v) is 14.3. The van der Waals surface area contributed by atoms with E-state index in [-0.39, 0.29) is 17.5 Å². The lowest BCUT2D eigenvalue weighted by Crippen LogP contribution is -2.43. The summed E-state index contributed by atoms with van der Waals surface area (Å²) >= 11 is 0. The van der Waals surface area contributed by atoms with Gasteiger partial charge < -0.3 is 5.32 Å². The molecule has 1 N–H and O–H groups in total. The molecule has 2 aliphatic rings. The van der Waals surface area contributed by atoms with Crippen LogP contribution < -0.4 is 10.2 Å². The Morgan fingerprint density at radius 1 is 1.29 bits per heavy atom. The quantitative estimate of drug-likeness (QED) is 0.919. The van der Waals surface area contributed by atoms with Crippen LogP contribution in [0.25, 0.3) is 0 Å². The van der Waals surface area contributed by atoms with Gasteiger partial charge in [0.1, 0.15) is 0 Å². The van der Waals surface area contributed by atoms with Crippen molar-refractivity contribution in [2.45, 2.75) is 44.1 Å². The van der Waals surface area contributed by atoms with E-state index in [9.17, 15) is 4.79 Å². The zero-order valence-electron chi connectivity index (χ0n) is 14.3. The number of anilines is 1. The number of rotatable bonds is 2. The lowest BCUT2D eigenvalue weighted by molar-refractivity contribution is 0.242. The fourth-order valence-corrected chi connectivity index (χ4v) is 4.30. The molecule has 126 valence electrons. The Morgan fingerprint density at radius 2 is 2.04 bits per heavy atom. The average Bonchev–Trinajstić information content (AvgIpc) is 3.29. The number of carbonyl (C=O) groups excluding carboxylic acids is 1. The van der Waals surface area contributed by atoms with Gasteiger partial charge in [-0.15, -0.1) is 0 Å². The standard InChI is InChI=1S/C19H24N4O/c1-14(15-11-20-22(2)12-15)21-18(24)23-13-19(9-5-6-10-19)16-7-3-4-8-17(16)23/h3-4,7-8,11-12,14H,5-6,9-10,13H2,1-2H3,(H,21,24)/t14-/m0/s1. The molecule has 1 aliphatic carbocycles. The second kappa shape index (κ2) is 5.65. The molecule has 0 saturated heterocycles. The summed E-state index contributed by atoms with van der Waals surface area (Å²) in [7, 11) is 1.89. The number of para-hydroxylation sites is 1. The van der Waals surface area contributed by atoms with E-state index >= 15 is 0 Å². The number of hydrogen-bond acceptors (Lipinski definition) is 2. The van der Waals surface area contributed by atoms with Gasteiger partial charge in [-0.2, -0.15) is 5.10 Å². The molecule has 24 heavy (non-hydrogen) atoms. The molecule has 1 atom stereocenters. The monoisotopic (exact) mass is 324 g/mol. The van der Waals surface area contributed by atoms with Crippen molar-refractivity contribution in [3.63, 3.8) is 0 Å². The van der Waals surface area contributed by atoms with Crippen LogP contribution in [0.15, 0.2) is 36.7 Å². The van der Waals surface area contributed by atoms with Gasteiger partial charge in [0.05, 0.1) is 12.2 Å². The van der Waals surface area contributed by atoms with Gasteiger partial charge in [-0.1, -0.05) is 31.0 Å². The van der Waals surface area contributed by atoms with Crippen molar-refractivity contribution in [1.29, 1.82) is 0 Å². The molecular weight excluding hydrogens is 300 g/mol. The van der Waals surface area contributed by atoms with E-state index < -0.39 is 0 Å². The maximum Gasteiger partial charge on any atom is 0.322 e. The lowest BCUT2D eigenvalue weighted by Gasteiger charge is -2.25. The molecule has 1 spiro atoms. The molecule has 0 unspecified atom stereocenters. The number of aryl methyl sites for hydroxylation is 1. The van der Waals surface area contributed by atoms with E-state index in [4.69, 9.17) is 0 Å². The molecule has 1 aromatic heterocycles. The minimum Gasteiger partial charge on any atom is -0.331 e. The third-order valence-corrected chi connectivity index (χ3v) is 5.60. The Morgan fingerprint density at radius 3 is 2.75 bits per heavy atom. The van der Waals surface area contributed by atoms with Gasteiger partial charge in [0, 0.05) is 36.5 Å². The summed E-state index contributed by atoms with van der Waals surface area (Å²) in [5, 5.41) is 7.32. The topological polar surface area (TPSA) is 50.2 Å². The molecule has 5 nitrogen and oxygen atoms in total. The van der Waals surface area contributed by atoms with Crippen molar-refractivity contribution in [1.82, 2.24) is 15.1 Å². The van der Waals surface area contributed by atoms with Gasteiger partial charge in [0.15, 0.2) is 0 Å². The number of urea groups is 1. The average molecular weight is 324 g/mol. The molecule has 1 saturated carbocycles. The zero-order chi connectivity index (χ0) is 16.7. The number of nitrogens with one attached hydrogen (secondary N) is 1. The fraction of sp³-hybridized carbons (Fsp3) is 0.474. The first-order valence-electron chi connectivity index (χ1n) is 8.75. The van der Waals surface area contributed by atoms with Gasteiger partial charge in [0.2, 0.25) is 0 Å². The number of hydrogen-bond donors (Lipinski definition) is 1. The number of amides is 2. The van der Waals surface area contributed by atoms with Gasteiger partial charge in [0.25, 0.3) is 0 Å². The van der Waals surface area contributed by atoms with Gasteiger partial charge in [-0.3, -0.25) is 9.58 Å². The normalized spacial score (nSPS) is 19.5. The lowest BCUT2D eigenvalue weighted by atomic mass is 9.81. The molecular formula is C19H24N4O. The summed E-state index contributed by atoms with van der Waals surface area (Å²) in [6.07, 6.45) is 8.65. The van der Waals surface area contributed by atoms with E-state index in [2.05, 4.69) is 28.6 Å². The van der Waals surface area contributed by atoms with Crippen LogP contribution in [0, 0.1) is 0 Å². The number of fused-ring (bicyclic) bond motifs is 2. The summed E-state index contributed by atoms with van der Waals surface area (Å²) in [6.45, 7) is 2.81. The van der Waals surface area contributed by atoms with Crippen LogP contribution in [0.2, 0.25) is 0 Å². The van der Waals surface area contributed by atoms with Crippen molar-refractivity contribution in [2.75, 3.05) is 11.4 Å². The highest BCUT2D eigenvalue weighted by molar-refractivity contribution is 5.95. The van der Waals surface area contributed by atoms with E-state index in [0.29, 0.717) is 0 Å². The third-order valence-electron chi connectivity index (χ3n) is 5.60. The molecule has 0 radical (unpaired) electrons. The van der Waals surface area contributed by atoms with Crippen molar-refractivity contribution < 1.29 is 4.79 Å². The molecule has 2 heterocycles. The van der Waals surface area contributed by atoms with E-state index in [1.54, 1.807) is 10.9 Å². The minimum atomic E-state index is -0.0570. The Bertz CT molecular complexity index is 760. The van der Waals surface area contributed by atoms with Crippen LogP contribution in [0.1, 0.15) is 49.8 Å². The van der Waals surface area contributed by atoms with E-state index in [1.165, 1.54) is 31.2 Å². The summed E-state index contributed by atoms with van der Waals surface area (Å²) in [5.74, 6) is 0. The molecule has 1 fully saturated rings. The maximum absolute atomic E-state index is 12.9. The second-order valence-electron chi connectivity index (χ2n) is 7.21. The van der Waals surface area contributed by atoms with Crippen molar-refractivity contribution in [3.05, 3.63) is 47.8 Å². The van der Waals surface area contributed by atoms with Crippen LogP contribution in [-0.2, 0) is 12.5 Å². The van der Waals surface area contributed by atoms with Crippen LogP contribution >= 0.6 is 0 Å². The summed E-state index contributed by atoms with van der Waals surface area (Å²) < 4.78 is 1.76.